The third-order valence-electron chi connectivity index (χ3n) is 14.8. The minimum Gasteiger partial charge on any atom is -0.466 e. The Hall–Kier alpha value is -1.40. The first-order chi connectivity index (χ1) is 34.0. The summed E-state index contributed by atoms with van der Waals surface area (Å²) in [5.74, 6) is -0.0443. The summed E-state index contributed by atoms with van der Waals surface area (Å²) in [6, 6.07) is -0.623. The van der Waals surface area contributed by atoms with Gasteiger partial charge in [0.25, 0.3) is 0 Å². The van der Waals surface area contributed by atoms with Crippen LogP contribution >= 0.6 is 0 Å². The molecule has 0 bridgehead atoms. The number of allylic oxidation sites excluding steroid dienone is 1. The van der Waals surface area contributed by atoms with Gasteiger partial charge in [0.15, 0.2) is 0 Å². The molecule has 0 aliphatic heterocycles. The summed E-state index contributed by atoms with van der Waals surface area (Å²) in [6.45, 7) is 4.92. The number of carbonyl (C=O) groups excluding carboxylic acids is 2. The average molecular weight is 975 g/mol. The Morgan fingerprint density at radius 1 is 0.391 bits per heavy atom. The number of esters is 1. The molecule has 6 nitrogen and oxygen atoms in total. The number of amides is 1. The number of ether oxygens (including phenoxy) is 1. The molecular formula is C63H123NO5. The average Bonchev–Trinajstić information content (AvgIpc) is 3.35. The fraction of sp³-hybridized carbons (Fsp3) is 0.937. The van der Waals surface area contributed by atoms with Gasteiger partial charge in [-0.1, -0.05) is 321 Å². The molecule has 0 saturated carbocycles. The van der Waals surface area contributed by atoms with E-state index >= 15 is 0 Å². The van der Waals surface area contributed by atoms with Crippen molar-refractivity contribution < 1.29 is 24.5 Å². The van der Waals surface area contributed by atoms with Gasteiger partial charge < -0.3 is 20.3 Å². The molecule has 0 fully saturated rings. The summed E-state index contributed by atoms with van der Waals surface area (Å²) in [6.07, 6.45) is 71.3. The topological polar surface area (TPSA) is 95.9 Å². The van der Waals surface area contributed by atoms with Crippen molar-refractivity contribution in [2.24, 2.45) is 0 Å². The van der Waals surface area contributed by atoms with Crippen LogP contribution in [0, 0.1) is 0 Å². The van der Waals surface area contributed by atoms with E-state index in [9.17, 15) is 19.8 Å². The van der Waals surface area contributed by atoms with Gasteiger partial charge in [0.1, 0.15) is 0 Å². The van der Waals surface area contributed by atoms with E-state index in [0.29, 0.717) is 19.4 Å². The zero-order valence-electron chi connectivity index (χ0n) is 46.8. The number of unbranched alkanes of at least 4 members (excludes halogenated alkanes) is 48. The third kappa shape index (κ3) is 55.8. The highest BCUT2D eigenvalue weighted by atomic mass is 16.5. The van der Waals surface area contributed by atoms with Crippen LogP contribution in [0.2, 0.25) is 0 Å². The molecular weight excluding hydrogens is 851 g/mol. The Labute approximate surface area is 431 Å². The normalized spacial score (nSPS) is 12.6. The molecule has 410 valence electrons. The zero-order valence-corrected chi connectivity index (χ0v) is 46.8. The van der Waals surface area contributed by atoms with E-state index in [-0.39, 0.29) is 18.5 Å². The van der Waals surface area contributed by atoms with Crippen LogP contribution in [0.5, 0.6) is 0 Å². The lowest BCUT2D eigenvalue weighted by molar-refractivity contribution is -0.143. The number of aliphatic hydroxyl groups excluding tert-OH is 2. The molecule has 3 N–H and O–H groups in total. The van der Waals surface area contributed by atoms with E-state index in [2.05, 4.69) is 19.2 Å². The zero-order chi connectivity index (χ0) is 50.0. The van der Waals surface area contributed by atoms with Crippen molar-refractivity contribution in [2.45, 2.75) is 366 Å². The van der Waals surface area contributed by atoms with Gasteiger partial charge in [-0.15, -0.1) is 0 Å². The van der Waals surface area contributed by atoms with Crippen molar-refractivity contribution >= 4 is 11.9 Å². The number of nitrogens with one attached hydrogen (secondary N) is 1. The Balaban J connectivity index is 3.33. The smallest absolute Gasteiger partial charge is 0.305 e. The van der Waals surface area contributed by atoms with E-state index < -0.39 is 12.1 Å². The Bertz CT molecular complexity index is 1030. The highest BCUT2D eigenvalue weighted by Gasteiger charge is 2.18. The van der Waals surface area contributed by atoms with Gasteiger partial charge in [-0.3, -0.25) is 9.59 Å². The lowest BCUT2D eigenvalue weighted by Gasteiger charge is -2.20. The molecule has 0 spiro atoms. The van der Waals surface area contributed by atoms with Crippen LogP contribution in [0.3, 0.4) is 0 Å². The second-order valence-electron chi connectivity index (χ2n) is 21.8. The quantitative estimate of drug-likeness (QED) is 0.0321. The minimum atomic E-state index is -0.840. The molecule has 0 aliphatic carbocycles. The number of hydrogen-bond donors (Lipinski definition) is 3. The first kappa shape index (κ1) is 67.6. The fourth-order valence-corrected chi connectivity index (χ4v) is 9.99. The van der Waals surface area contributed by atoms with Gasteiger partial charge in [0.2, 0.25) is 5.91 Å². The van der Waals surface area contributed by atoms with E-state index in [1.807, 2.05) is 6.08 Å². The molecule has 0 aromatic rings. The van der Waals surface area contributed by atoms with Crippen LogP contribution < -0.4 is 5.32 Å². The molecule has 0 aromatic carbocycles. The van der Waals surface area contributed by atoms with Gasteiger partial charge in [0.05, 0.1) is 25.4 Å². The number of aliphatic hydroxyl groups is 2. The van der Waals surface area contributed by atoms with Crippen LogP contribution in [-0.4, -0.2) is 47.4 Å². The lowest BCUT2D eigenvalue weighted by Crippen LogP contribution is -2.45. The Morgan fingerprint density at radius 2 is 0.667 bits per heavy atom. The maximum atomic E-state index is 12.4. The highest BCUT2D eigenvalue weighted by molar-refractivity contribution is 5.76. The summed E-state index contributed by atoms with van der Waals surface area (Å²) in [5.41, 5.74) is 0. The summed E-state index contributed by atoms with van der Waals surface area (Å²) in [5, 5.41) is 23.1. The van der Waals surface area contributed by atoms with Crippen LogP contribution in [0.4, 0.5) is 0 Å². The molecule has 0 rings (SSSR count). The van der Waals surface area contributed by atoms with Gasteiger partial charge in [-0.05, 0) is 32.1 Å². The molecule has 1 amide bonds. The molecule has 0 radical (unpaired) electrons. The van der Waals surface area contributed by atoms with E-state index in [1.54, 1.807) is 6.08 Å². The maximum absolute atomic E-state index is 12.4. The van der Waals surface area contributed by atoms with Gasteiger partial charge in [-0.25, -0.2) is 0 Å². The van der Waals surface area contributed by atoms with Crippen LogP contribution in [0.15, 0.2) is 12.2 Å². The van der Waals surface area contributed by atoms with E-state index in [0.717, 1.165) is 38.5 Å². The molecule has 2 atom stereocenters. The molecule has 0 saturated heterocycles. The van der Waals surface area contributed by atoms with Crippen molar-refractivity contribution in [1.29, 1.82) is 0 Å². The number of rotatable bonds is 59. The van der Waals surface area contributed by atoms with Crippen LogP contribution in [-0.2, 0) is 14.3 Å². The van der Waals surface area contributed by atoms with Crippen LogP contribution in [0.25, 0.3) is 0 Å². The largest absolute Gasteiger partial charge is 0.466 e. The molecule has 0 aromatic heterocycles. The first-order valence-electron chi connectivity index (χ1n) is 31.5. The standard InChI is InChI=1S/C63H123NO5/c1-3-5-7-9-11-13-15-35-39-43-47-51-55-61(66)60(59-65)64-62(67)56-52-48-44-40-36-33-31-29-27-25-23-21-19-17-18-20-22-24-26-28-30-32-34-38-42-46-50-54-58-69-63(68)57-53-49-45-41-37-16-14-12-10-8-6-4-2/h51,55,60-61,65-66H,3-50,52-54,56-59H2,1-2H3,(H,64,67)/b55-51+. The predicted molar refractivity (Wildman–Crippen MR) is 301 cm³/mol. The van der Waals surface area contributed by atoms with Gasteiger partial charge >= 0.3 is 5.97 Å². The van der Waals surface area contributed by atoms with Crippen LogP contribution in [0.1, 0.15) is 354 Å². The molecule has 2 unspecified atom stereocenters. The SMILES string of the molecule is CCCCCCCCCCCC/C=C/C(O)C(CO)NC(=O)CCCCCCCCCCCCCCCCCCCCCCCCCCCCCCOC(=O)CCCCCCCCCCCCCC. The monoisotopic (exact) mass is 974 g/mol. The van der Waals surface area contributed by atoms with Crippen molar-refractivity contribution in [3.05, 3.63) is 12.2 Å². The summed E-state index contributed by atoms with van der Waals surface area (Å²) in [7, 11) is 0. The van der Waals surface area contributed by atoms with Crippen molar-refractivity contribution in [2.75, 3.05) is 13.2 Å². The van der Waals surface area contributed by atoms with E-state index in [4.69, 9.17) is 4.74 Å². The Kier molecular flexibility index (Phi) is 58.0. The number of carbonyl (C=O) groups is 2. The number of hydrogen-bond acceptors (Lipinski definition) is 5. The minimum absolute atomic E-state index is 0.0196. The first-order valence-corrected chi connectivity index (χ1v) is 31.5. The third-order valence-corrected chi connectivity index (χ3v) is 14.8. The second kappa shape index (κ2) is 59.2. The van der Waals surface area contributed by atoms with Crippen molar-refractivity contribution in [3.63, 3.8) is 0 Å². The van der Waals surface area contributed by atoms with Gasteiger partial charge in [0, 0.05) is 12.8 Å². The Morgan fingerprint density at radius 3 is 0.986 bits per heavy atom. The highest BCUT2D eigenvalue weighted by Crippen LogP contribution is 2.18. The fourth-order valence-electron chi connectivity index (χ4n) is 9.99. The summed E-state index contributed by atoms with van der Waals surface area (Å²) < 4.78 is 5.48. The second-order valence-corrected chi connectivity index (χ2v) is 21.8. The van der Waals surface area contributed by atoms with Crippen molar-refractivity contribution in [3.8, 4) is 0 Å². The van der Waals surface area contributed by atoms with Crippen molar-refractivity contribution in [1.82, 2.24) is 5.32 Å². The van der Waals surface area contributed by atoms with Gasteiger partial charge in [-0.2, -0.15) is 0 Å². The molecule has 6 heteroatoms. The molecule has 0 heterocycles. The summed E-state index contributed by atoms with van der Waals surface area (Å²) >= 11 is 0. The predicted octanol–water partition coefficient (Wildman–Crippen LogP) is 19.6. The molecule has 0 aliphatic rings. The van der Waals surface area contributed by atoms with E-state index in [1.165, 1.54) is 289 Å². The summed E-state index contributed by atoms with van der Waals surface area (Å²) in [4.78, 5) is 24.5. The lowest BCUT2D eigenvalue weighted by atomic mass is 10.0. The molecule has 69 heavy (non-hydrogen) atoms. The maximum Gasteiger partial charge on any atom is 0.305 e.